The van der Waals surface area contributed by atoms with Crippen LogP contribution in [0.1, 0.15) is 22.8 Å². The zero-order chi connectivity index (χ0) is 25.8. The summed E-state index contributed by atoms with van der Waals surface area (Å²) in [6, 6.07) is 1.18. The lowest BCUT2D eigenvalue weighted by atomic mass is 10.1. The first-order valence-corrected chi connectivity index (χ1v) is 10.7. The van der Waals surface area contributed by atoms with Crippen molar-refractivity contribution in [2.45, 2.75) is 24.6 Å². The number of hydrogen-bond donors (Lipinski definition) is 1. The highest BCUT2D eigenvalue weighted by molar-refractivity contribution is 5.89. The Bertz CT molecular complexity index is 1320. The van der Waals surface area contributed by atoms with E-state index >= 15 is 0 Å². The summed E-state index contributed by atoms with van der Waals surface area (Å²) in [5.41, 5.74) is 4.93. The average molecular weight is 515 g/mol. The largest absolute Gasteiger partial charge is 0.453 e. The molecule has 5 heterocycles. The quantitative estimate of drug-likeness (QED) is 0.500. The van der Waals surface area contributed by atoms with Gasteiger partial charge in [0.25, 0.3) is 23.7 Å². The fourth-order valence-electron chi connectivity index (χ4n) is 4.24. The topological polar surface area (TPSA) is 139 Å². The predicted molar refractivity (Wildman–Crippen MR) is 110 cm³/mol. The molecule has 2 aliphatic rings. The minimum absolute atomic E-state index is 0.126. The first-order valence-electron chi connectivity index (χ1n) is 10.7. The number of anilines is 2. The van der Waals surface area contributed by atoms with Gasteiger partial charge in [0.1, 0.15) is 6.04 Å². The summed E-state index contributed by atoms with van der Waals surface area (Å²) >= 11 is 0. The van der Waals surface area contributed by atoms with Crippen LogP contribution in [-0.4, -0.2) is 86.2 Å². The molecule has 0 aromatic carbocycles. The van der Waals surface area contributed by atoms with Crippen molar-refractivity contribution in [1.29, 1.82) is 0 Å². The molecular formula is C19H18F5N9O3. The third-order valence-electron chi connectivity index (χ3n) is 5.95. The van der Waals surface area contributed by atoms with E-state index < -0.39 is 48.7 Å². The lowest BCUT2D eigenvalue weighted by Crippen LogP contribution is -2.54. The Morgan fingerprint density at radius 2 is 1.83 bits per heavy atom. The van der Waals surface area contributed by atoms with Gasteiger partial charge < -0.3 is 24.9 Å². The fraction of sp³-hybridized carbons (Fsp3) is 0.474. The molecule has 17 heteroatoms. The third-order valence-corrected chi connectivity index (χ3v) is 5.95. The van der Waals surface area contributed by atoms with Crippen molar-refractivity contribution < 1.29 is 36.0 Å². The van der Waals surface area contributed by atoms with Gasteiger partial charge in [-0.1, -0.05) is 0 Å². The molecule has 0 saturated carbocycles. The Balaban J connectivity index is 1.35. The Kier molecular flexibility index (Phi) is 5.44. The van der Waals surface area contributed by atoms with Gasteiger partial charge in [-0.2, -0.15) is 17.7 Å². The average Bonchev–Trinajstić information content (AvgIpc) is 3.54. The van der Waals surface area contributed by atoms with Crippen molar-refractivity contribution in [3.63, 3.8) is 0 Å². The van der Waals surface area contributed by atoms with Gasteiger partial charge in [0.05, 0.1) is 12.7 Å². The van der Waals surface area contributed by atoms with Gasteiger partial charge in [-0.25, -0.2) is 13.8 Å². The van der Waals surface area contributed by atoms with Gasteiger partial charge in [-0.15, -0.1) is 15.3 Å². The highest BCUT2D eigenvalue weighted by Gasteiger charge is 2.50. The van der Waals surface area contributed by atoms with Gasteiger partial charge in [-0.05, 0) is 12.1 Å². The van der Waals surface area contributed by atoms with Crippen LogP contribution in [0.5, 0.6) is 0 Å². The van der Waals surface area contributed by atoms with Crippen LogP contribution in [0.3, 0.4) is 0 Å². The molecule has 2 amide bonds. The van der Waals surface area contributed by atoms with E-state index in [0.717, 1.165) is 11.0 Å². The van der Waals surface area contributed by atoms with Crippen LogP contribution in [0.25, 0.3) is 5.65 Å². The molecule has 0 aliphatic carbocycles. The van der Waals surface area contributed by atoms with E-state index in [2.05, 4.69) is 20.3 Å². The van der Waals surface area contributed by atoms with Crippen molar-refractivity contribution >= 4 is 29.3 Å². The van der Waals surface area contributed by atoms with Crippen molar-refractivity contribution in [2.75, 3.05) is 42.5 Å². The van der Waals surface area contributed by atoms with E-state index in [9.17, 15) is 31.5 Å². The highest BCUT2D eigenvalue weighted by Crippen LogP contribution is 2.36. The lowest BCUT2D eigenvalue weighted by molar-refractivity contribution is -0.146. The molecule has 0 radical (unpaired) electrons. The number of alkyl halides is 5. The molecule has 0 unspecified atom stereocenters. The summed E-state index contributed by atoms with van der Waals surface area (Å²) in [5, 5.41) is 10.3. The standard InChI is InChI=1S/C19H18F5N9O3/c20-18(21)7-10(15(35)30-3-5-31(6-4-30)17-26-8-11(36-17)14(25)34)32(9-18)13-2-1-12-27-28-16(19(22,23)24)33(12)29-13/h1-2,8,10H,3-7,9H2,(H2,25,34)/t10-/m1/s1. The summed E-state index contributed by atoms with van der Waals surface area (Å²) in [5.74, 6) is -6.43. The number of hydrogen-bond acceptors (Lipinski definition) is 9. The Hall–Kier alpha value is -4.05. The van der Waals surface area contributed by atoms with E-state index in [0.29, 0.717) is 4.52 Å². The van der Waals surface area contributed by atoms with Crippen LogP contribution in [0.2, 0.25) is 0 Å². The summed E-state index contributed by atoms with van der Waals surface area (Å²) in [4.78, 5) is 32.5. The second kappa shape index (κ2) is 8.27. The molecule has 1 atom stereocenters. The smallest absolute Gasteiger partial charge is 0.418 e. The number of nitrogens with zero attached hydrogens (tertiary/aromatic N) is 8. The van der Waals surface area contributed by atoms with Crippen LogP contribution in [0, 0.1) is 0 Å². The normalized spacial score (nSPS) is 20.4. The first kappa shape index (κ1) is 23.7. The van der Waals surface area contributed by atoms with Crippen molar-refractivity contribution in [1.82, 2.24) is 29.7 Å². The van der Waals surface area contributed by atoms with Gasteiger partial charge >= 0.3 is 6.18 Å². The number of halogens is 5. The van der Waals surface area contributed by atoms with Crippen molar-refractivity contribution in [2.24, 2.45) is 5.73 Å². The Labute approximate surface area is 198 Å². The fourth-order valence-corrected chi connectivity index (χ4v) is 4.24. The zero-order valence-electron chi connectivity index (χ0n) is 18.3. The number of carbonyl (C=O) groups is 2. The Morgan fingerprint density at radius 3 is 2.47 bits per heavy atom. The maximum atomic E-state index is 14.4. The summed E-state index contributed by atoms with van der Waals surface area (Å²) < 4.78 is 74.2. The molecule has 12 nitrogen and oxygen atoms in total. The zero-order valence-corrected chi connectivity index (χ0v) is 18.3. The van der Waals surface area contributed by atoms with Crippen LogP contribution >= 0.6 is 0 Å². The maximum Gasteiger partial charge on any atom is 0.453 e. The van der Waals surface area contributed by atoms with Gasteiger partial charge in [-0.3, -0.25) is 9.59 Å². The summed E-state index contributed by atoms with van der Waals surface area (Å²) in [6.07, 6.45) is -4.50. The minimum atomic E-state index is -4.87. The molecule has 2 aliphatic heterocycles. The number of nitrogens with two attached hydrogens (primary N) is 1. The number of aromatic nitrogens is 5. The molecular weight excluding hydrogens is 497 g/mol. The maximum absolute atomic E-state index is 14.4. The number of primary amides is 1. The molecule has 0 spiro atoms. The monoisotopic (exact) mass is 515 g/mol. The lowest BCUT2D eigenvalue weighted by Gasteiger charge is -2.36. The van der Waals surface area contributed by atoms with Gasteiger partial charge in [0, 0.05) is 32.6 Å². The van der Waals surface area contributed by atoms with Crippen LogP contribution in [-0.2, 0) is 11.0 Å². The Morgan fingerprint density at radius 1 is 1.11 bits per heavy atom. The van der Waals surface area contributed by atoms with E-state index in [1.165, 1.54) is 17.2 Å². The second-order valence-electron chi connectivity index (χ2n) is 8.37. The molecule has 3 aromatic rings. The van der Waals surface area contributed by atoms with Gasteiger partial charge in [0.2, 0.25) is 11.7 Å². The van der Waals surface area contributed by atoms with E-state index in [4.69, 9.17) is 10.2 Å². The van der Waals surface area contributed by atoms with Crippen molar-refractivity contribution in [3.8, 4) is 0 Å². The van der Waals surface area contributed by atoms with Crippen LogP contribution < -0.4 is 15.5 Å². The molecule has 2 saturated heterocycles. The second-order valence-corrected chi connectivity index (χ2v) is 8.37. The van der Waals surface area contributed by atoms with E-state index in [1.54, 1.807) is 4.90 Å². The molecule has 3 aromatic heterocycles. The molecule has 0 bridgehead atoms. The number of carbonyl (C=O) groups excluding carboxylic acids is 2. The molecule has 5 rings (SSSR count). The van der Waals surface area contributed by atoms with Crippen LogP contribution in [0.15, 0.2) is 22.7 Å². The van der Waals surface area contributed by atoms with Crippen LogP contribution in [0.4, 0.5) is 33.8 Å². The SMILES string of the molecule is NC(=O)c1cnc(N2CCN(C(=O)[C@H]3CC(F)(F)CN3c3ccc4nnc(C(F)(F)F)n4n3)CC2)o1. The molecule has 2 fully saturated rings. The first-order chi connectivity index (χ1) is 16.9. The molecule has 2 N–H and O–H groups in total. The van der Waals surface area contributed by atoms with E-state index in [1.807, 2.05) is 0 Å². The predicted octanol–water partition coefficient (Wildman–Crippen LogP) is 0.793. The summed E-state index contributed by atoms with van der Waals surface area (Å²) in [6.45, 7) is -0.128. The number of rotatable bonds is 4. The molecule has 36 heavy (non-hydrogen) atoms. The number of oxazole rings is 1. The van der Waals surface area contributed by atoms with Crippen molar-refractivity contribution in [3.05, 3.63) is 29.9 Å². The van der Waals surface area contributed by atoms with Gasteiger partial charge in [0.15, 0.2) is 11.5 Å². The summed E-state index contributed by atoms with van der Waals surface area (Å²) in [7, 11) is 0. The number of fused-ring (bicyclic) bond motifs is 1. The van der Waals surface area contributed by atoms with E-state index in [-0.39, 0.29) is 49.4 Å². The molecule has 192 valence electrons. The number of piperazine rings is 1. The highest BCUT2D eigenvalue weighted by atomic mass is 19.4. The third kappa shape index (κ3) is 4.24. The minimum Gasteiger partial charge on any atom is -0.418 e. The number of amides is 2.